The lowest BCUT2D eigenvalue weighted by molar-refractivity contribution is 0.253. The van der Waals surface area contributed by atoms with Crippen molar-refractivity contribution >= 4 is 11.8 Å². The fraction of sp³-hybridized carbons (Fsp3) is 0.765. The van der Waals surface area contributed by atoms with Crippen LogP contribution in [0.15, 0.2) is 6.20 Å². The molecule has 4 heteroatoms. The first-order valence-corrected chi connectivity index (χ1v) is 9.16. The Morgan fingerprint density at radius 2 is 2.19 bits per heavy atom. The number of hydrogen-bond donors (Lipinski definition) is 1. The second-order valence-electron chi connectivity index (χ2n) is 7.10. The van der Waals surface area contributed by atoms with Gasteiger partial charge in [-0.05, 0) is 36.5 Å². The maximum absolute atomic E-state index is 4.87. The lowest BCUT2D eigenvalue weighted by atomic mass is 9.74. The van der Waals surface area contributed by atoms with Crippen LogP contribution in [0.2, 0.25) is 0 Å². The molecule has 3 nitrogen and oxygen atoms in total. The molecule has 1 atom stereocenters. The minimum atomic E-state index is 0.315. The molecule has 0 spiro atoms. The normalized spacial score (nSPS) is 20.6. The molecule has 0 amide bonds. The van der Waals surface area contributed by atoms with Gasteiger partial charge in [-0.15, -0.1) is 0 Å². The van der Waals surface area contributed by atoms with Crippen LogP contribution >= 0.6 is 11.8 Å². The van der Waals surface area contributed by atoms with Crippen molar-refractivity contribution in [2.45, 2.75) is 70.9 Å². The lowest BCUT2D eigenvalue weighted by Crippen LogP contribution is -2.34. The number of nitrogens with one attached hydrogen (secondary N) is 1. The zero-order valence-corrected chi connectivity index (χ0v) is 14.9. The molecule has 0 aliphatic heterocycles. The third-order valence-electron chi connectivity index (χ3n) is 3.91. The van der Waals surface area contributed by atoms with E-state index in [-0.39, 0.29) is 0 Å². The first-order valence-electron chi connectivity index (χ1n) is 8.11. The zero-order valence-electron chi connectivity index (χ0n) is 14.1. The van der Waals surface area contributed by atoms with Gasteiger partial charge in [0.25, 0.3) is 0 Å². The molecule has 0 saturated carbocycles. The van der Waals surface area contributed by atoms with Crippen LogP contribution in [-0.2, 0) is 12.2 Å². The molecule has 21 heavy (non-hydrogen) atoms. The van der Waals surface area contributed by atoms with Crippen molar-refractivity contribution in [1.82, 2.24) is 15.3 Å². The topological polar surface area (TPSA) is 37.8 Å². The first kappa shape index (κ1) is 16.8. The third kappa shape index (κ3) is 4.68. The predicted octanol–water partition coefficient (Wildman–Crippen LogP) is 4.13. The van der Waals surface area contributed by atoms with Crippen molar-refractivity contribution in [2.24, 2.45) is 5.41 Å². The number of aromatic nitrogens is 2. The Hall–Kier alpha value is -0.610. The Kier molecular flexibility index (Phi) is 5.67. The van der Waals surface area contributed by atoms with Gasteiger partial charge >= 0.3 is 0 Å². The summed E-state index contributed by atoms with van der Waals surface area (Å²) in [6.45, 7) is 12.4. The molecule has 0 fully saturated rings. The van der Waals surface area contributed by atoms with Crippen LogP contribution in [0.1, 0.15) is 70.6 Å². The molecule has 1 aliphatic carbocycles. The summed E-state index contributed by atoms with van der Waals surface area (Å²) in [7, 11) is 0. The van der Waals surface area contributed by atoms with Gasteiger partial charge < -0.3 is 5.32 Å². The molecule has 1 heterocycles. The van der Waals surface area contributed by atoms with Gasteiger partial charge in [0.1, 0.15) is 5.82 Å². The van der Waals surface area contributed by atoms with E-state index < -0.39 is 0 Å². The Morgan fingerprint density at radius 3 is 2.86 bits per heavy atom. The van der Waals surface area contributed by atoms with Crippen LogP contribution in [0.25, 0.3) is 0 Å². The van der Waals surface area contributed by atoms with Gasteiger partial charge in [0.05, 0.1) is 5.75 Å². The van der Waals surface area contributed by atoms with Crippen LogP contribution in [0.3, 0.4) is 0 Å². The minimum Gasteiger partial charge on any atom is -0.310 e. The summed E-state index contributed by atoms with van der Waals surface area (Å²) in [5.74, 6) is 1.90. The molecular formula is C17H29N3S. The summed E-state index contributed by atoms with van der Waals surface area (Å²) < 4.78 is 0. The Bertz CT molecular complexity index is 471. The maximum Gasteiger partial charge on any atom is 0.138 e. The maximum atomic E-state index is 4.87. The Balaban J connectivity index is 2.19. The van der Waals surface area contributed by atoms with Crippen molar-refractivity contribution in [2.75, 3.05) is 6.54 Å². The third-order valence-corrected chi connectivity index (χ3v) is 5.01. The van der Waals surface area contributed by atoms with E-state index in [0.717, 1.165) is 31.0 Å². The molecule has 1 aromatic heterocycles. The Labute approximate surface area is 133 Å². The zero-order chi connectivity index (χ0) is 15.5. The van der Waals surface area contributed by atoms with Gasteiger partial charge in [0, 0.05) is 23.5 Å². The van der Waals surface area contributed by atoms with Crippen LogP contribution in [-0.4, -0.2) is 21.8 Å². The fourth-order valence-corrected chi connectivity index (χ4v) is 3.52. The molecule has 0 aromatic carbocycles. The number of thioether (sulfide) groups is 1. The standard InChI is InChI=1S/C17H29N3S/c1-6-7-18-14-8-17(4,5)9-15-13(14)10-19-16(20-15)11-21-12(2)3/h10,12,14,18H,6-9,11H2,1-5H3. The first-order chi connectivity index (χ1) is 9.91. The van der Waals surface area contributed by atoms with Crippen LogP contribution in [0, 0.1) is 5.41 Å². The SMILES string of the molecule is CCCNC1CC(C)(C)Cc2nc(CSC(C)C)ncc21. The number of hydrogen-bond acceptors (Lipinski definition) is 4. The predicted molar refractivity (Wildman–Crippen MR) is 91.6 cm³/mol. The summed E-state index contributed by atoms with van der Waals surface area (Å²) >= 11 is 1.91. The van der Waals surface area contributed by atoms with E-state index in [1.54, 1.807) is 0 Å². The van der Waals surface area contributed by atoms with Gasteiger partial charge in [0.2, 0.25) is 0 Å². The summed E-state index contributed by atoms with van der Waals surface area (Å²) in [4.78, 5) is 9.47. The second-order valence-corrected chi connectivity index (χ2v) is 8.66. The quantitative estimate of drug-likeness (QED) is 0.857. The molecule has 118 valence electrons. The highest BCUT2D eigenvalue weighted by molar-refractivity contribution is 7.99. The molecule has 0 radical (unpaired) electrons. The molecule has 0 bridgehead atoms. The fourth-order valence-electron chi connectivity index (χ4n) is 2.90. The van der Waals surface area contributed by atoms with Gasteiger partial charge in [-0.3, -0.25) is 0 Å². The highest BCUT2D eigenvalue weighted by atomic mass is 32.2. The van der Waals surface area contributed by atoms with E-state index in [4.69, 9.17) is 4.98 Å². The van der Waals surface area contributed by atoms with Gasteiger partial charge in [-0.2, -0.15) is 11.8 Å². The minimum absolute atomic E-state index is 0.315. The highest BCUT2D eigenvalue weighted by Crippen LogP contribution is 2.39. The average Bonchev–Trinajstić information content (AvgIpc) is 2.40. The molecule has 2 rings (SSSR count). The Morgan fingerprint density at radius 1 is 1.43 bits per heavy atom. The van der Waals surface area contributed by atoms with Gasteiger partial charge in [-0.1, -0.05) is 34.6 Å². The van der Waals surface area contributed by atoms with Crippen molar-refractivity contribution in [3.05, 3.63) is 23.3 Å². The highest BCUT2D eigenvalue weighted by Gasteiger charge is 2.33. The van der Waals surface area contributed by atoms with Crippen molar-refractivity contribution < 1.29 is 0 Å². The van der Waals surface area contributed by atoms with Crippen LogP contribution in [0.4, 0.5) is 0 Å². The summed E-state index contributed by atoms with van der Waals surface area (Å²) in [5.41, 5.74) is 2.89. The van der Waals surface area contributed by atoms with E-state index in [2.05, 4.69) is 51.1 Å². The molecule has 1 aromatic rings. The largest absolute Gasteiger partial charge is 0.310 e. The van der Waals surface area contributed by atoms with E-state index >= 15 is 0 Å². The van der Waals surface area contributed by atoms with Crippen molar-refractivity contribution in [3.63, 3.8) is 0 Å². The smallest absolute Gasteiger partial charge is 0.138 e. The second kappa shape index (κ2) is 7.10. The molecule has 1 aliphatic rings. The van der Waals surface area contributed by atoms with E-state index in [0.29, 0.717) is 16.7 Å². The van der Waals surface area contributed by atoms with Crippen LogP contribution < -0.4 is 5.32 Å². The van der Waals surface area contributed by atoms with E-state index in [1.165, 1.54) is 17.7 Å². The summed E-state index contributed by atoms with van der Waals surface area (Å²) in [6.07, 6.45) is 5.47. The average molecular weight is 308 g/mol. The van der Waals surface area contributed by atoms with E-state index in [9.17, 15) is 0 Å². The number of rotatable bonds is 6. The summed E-state index contributed by atoms with van der Waals surface area (Å²) in [5, 5.41) is 4.29. The van der Waals surface area contributed by atoms with Crippen LogP contribution in [0.5, 0.6) is 0 Å². The lowest BCUT2D eigenvalue weighted by Gasteiger charge is -2.36. The van der Waals surface area contributed by atoms with Crippen molar-refractivity contribution in [3.8, 4) is 0 Å². The van der Waals surface area contributed by atoms with Gasteiger partial charge in [0.15, 0.2) is 0 Å². The molecule has 0 saturated heterocycles. The molecule has 1 unspecified atom stereocenters. The number of nitrogens with zero attached hydrogens (tertiary/aromatic N) is 2. The monoisotopic (exact) mass is 307 g/mol. The summed E-state index contributed by atoms with van der Waals surface area (Å²) in [6, 6.07) is 0.413. The number of fused-ring (bicyclic) bond motifs is 1. The molecular weight excluding hydrogens is 278 g/mol. The molecule has 1 N–H and O–H groups in total. The van der Waals surface area contributed by atoms with E-state index in [1.807, 2.05) is 11.8 Å². The van der Waals surface area contributed by atoms with Crippen molar-refractivity contribution in [1.29, 1.82) is 0 Å². The van der Waals surface area contributed by atoms with Gasteiger partial charge in [-0.25, -0.2) is 9.97 Å².